The number of phenolic OH excluding ortho intramolecular Hbond substituents is 1. The number of carbonyl (C=O) groups excluding carboxylic acids is 1. The number of benzene rings is 2. The van der Waals surface area contributed by atoms with Crippen LogP contribution in [0.5, 0.6) is 11.5 Å². The fourth-order valence-electron chi connectivity index (χ4n) is 3.29. The summed E-state index contributed by atoms with van der Waals surface area (Å²) in [5.41, 5.74) is 1.98. The first-order valence-electron chi connectivity index (χ1n) is 10.4. The quantitative estimate of drug-likeness (QED) is 0.364. The van der Waals surface area contributed by atoms with Crippen molar-refractivity contribution in [1.29, 1.82) is 0 Å². The van der Waals surface area contributed by atoms with E-state index in [2.05, 4.69) is 15.3 Å². The summed E-state index contributed by atoms with van der Waals surface area (Å²) < 4.78 is 31.2. The summed E-state index contributed by atoms with van der Waals surface area (Å²) in [6.07, 6.45) is 4.09. The smallest absolute Gasteiger partial charge is 0.267 e. The fraction of sp³-hybridized carbons (Fsp3) is 0.167. The zero-order valence-corrected chi connectivity index (χ0v) is 18.7. The average Bonchev–Trinajstić information content (AvgIpc) is 3.26. The number of nitrogens with one attached hydrogen (secondary N) is 2. The lowest BCUT2D eigenvalue weighted by Crippen LogP contribution is -2.23. The van der Waals surface area contributed by atoms with Crippen molar-refractivity contribution >= 4 is 26.6 Å². The van der Waals surface area contributed by atoms with Crippen LogP contribution in [0.25, 0.3) is 10.9 Å². The van der Waals surface area contributed by atoms with Gasteiger partial charge in [0.25, 0.3) is 5.91 Å². The molecule has 2 aromatic carbocycles. The third kappa shape index (κ3) is 4.83. The highest BCUT2D eigenvalue weighted by Gasteiger charge is 2.19. The Labute approximate surface area is 191 Å². The molecule has 0 fully saturated rings. The fourth-order valence-corrected chi connectivity index (χ4v) is 4.57. The van der Waals surface area contributed by atoms with Crippen LogP contribution in [0.3, 0.4) is 0 Å². The second kappa shape index (κ2) is 9.33. The van der Waals surface area contributed by atoms with Crippen molar-refractivity contribution < 1.29 is 23.1 Å². The molecule has 2 aromatic heterocycles. The standard InChI is InChI=1S/C24H23N3O5S/c1-2-11-32-23-8-7-19(13-22(23)28)33(30,31)18-5-3-16(4-6-18)14-26-24(29)21-12-17-15-25-10-9-20(17)27-21/h3-10,12-13,15,27-28H,2,11,14H2,1H3,(H,26,29). The second-order valence-electron chi connectivity index (χ2n) is 7.45. The van der Waals surface area contributed by atoms with Gasteiger partial charge in [-0.25, -0.2) is 8.42 Å². The number of nitrogens with zero attached hydrogens (tertiary/aromatic N) is 1. The molecule has 9 heteroatoms. The van der Waals surface area contributed by atoms with Gasteiger partial charge in [-0.15, -0.1) is 0 Å². The summed E-state index contributed by atoms with van der Waals surface area (Å²) >= 11 is 0. The molecule has 0 saturated carbocycles. The first-order valence-corrected chi connectivity index (χ1v) is 11.9. The van der Waals surface area contributed by atoms with Gasteiger partial charge >= 0.3 is 0 Å². The number of amides is 1. The van der Waals surface area contributed by atoms with Crippen LogP contribution in [0, 0.1) is 0 Å². The van der Waals surface area contributed by atoms with Gasteiger partial charge in [-0.1, -0.05) is 19.1 Å². The number of fused-ring (bicyclic) bond motifs is 1. The van der Waals surface area contributed by atoms with E-state index in [1.807, 2.05) is 6.92 Å². The summed E-state index contributed by atoms with van der Waals surface area (Å²) in [4.78, 5) is 19.6. The van der Waals surface area contributed by atoms with Crippen molar-refractivity contribution in [3.63, 3.8) is 0 Å². The van der Waals surface area contributed by atoms with E-state index in [-0.39, 0.29) is 33.7 Å². The Kier molecular flexibility index (Phi) is 6.32. The van der Waals surface area contributed by atoms with Crippen molar-refractivity contribution in [2.75, 3.05) is 6.61 Å². The van der Waals surface area contributed by atoms with Crippen LogP contribution in [0.2, 0.25) is 0 Å². The Balaban J connectivity index is 1.44. The molecule has 0 unspecified atom stereocenters. The molecule has 33 heavy (non-hydrogen) atoms. The van der Waals surface area contributed by atoms with Gasteiger partial charge < -0.3 is 20.1 Å². The van der Waals surface area contributed by atoms with Crippen molar-refractivity contribution in [1.82, 2.24) is 15.3 Å². The average molecular weight is 466 g/mol. The Bertz CT molecular complexity index is 1360. The van der Waals surface area contributed by atoms with E-state index in [4.69, 9.17) is 4.74 Å². The van der Waals surface area contributed by atoms with Crippen molar-refractivity contribution in [2.24, 2.45) is 0 Å². The van der Waals surface area contributed by atoms with Crippen molar-refractivity contribution in [2.45, 2.75) is 29.7 Å². The monoisotopic (exact) mass is 465 g/mol. The predicted molar refractivity (Wildman–Crippen MR) is 123 cm³/mol. The molecule has 0 aliphatic rings. The summed E-state index contributed by atoms with van der Waals surface area (Å²) in [5.74, 6) is -0.256. The maximum atomic E-state index is 12.9. The highest BCUT2D eigenvalue weighted by atomic mass is 32.2. The number of carbonyl (C=O) groups is 1. The summed E-state index contributed by atoms with van der Waals surface area (Å²) in [7, 11) is -3.82. The lowest BCUT2D eigenvalue weighted by Gasteiger charge is -2.10. The van der Waals surface area contributed by atoms with Gasteiger partial charge in [-0.05, 0) is 48.4 Å². The highest BCUT2D eigenvalue weighted by molar-refractivity contribution is 7.91. The van der Waals surface area contributed by atoms with Gasteiger partial charge in [-0.2, -0.15) is 0 Å². The molecule has 0 bridgehead atoms. The van der Waals surface area contributed by atoms with E-state index >= 15 is 0 Å². The number of rotatable bonds is 8. The molecule has 3 N–H and O–H groups in total. The number of aromatic amines is 1. The van der Waals surface area contributed by atoms with Crippen LogP contribution >= 0.6 is 0 Å². The largest absolute Gasteiger partial charge is 0.504 e. The number of hydrogen-bond donors (Lipinski definition) is 3. The highest BCUT2D eigenvalue weighted by Crippen LogP contribution is 2.31. The minimum Gasteiger partial charge on any atom is -0.504 e. The van der Waals surface area contributed by atoms with E-state index in [0.717, 1.165) is 22.9 Å². The topological polar surface area (TPSA) is 121 Å². The number of H-pyrrole nitrogens is 1. The van der Waals surface area contributed by atoms with Crippen LogP contribution in [-0.2, 0) is 16.4 Å². The molecule has 1 amide bonds. The molecule has 0 spiro atoms. The van der Waals surface area contributed by atoms with E-state index in [0.29, 0.717) is 12.3 Å². The zero-order chi connectivity index (χ0) is 23.4. The number of ether oxygens (including phenoxy) is 1. The molecule has 0 aliphatic carbocycles. The number of pyridine rings is 1. The van der Waals surface area contributed by atoms with Crippen LogP contribution in [0.1, 0.15) is 29.4 Å². The first kappa shape index (κ1) is 22.3. The molecule has 2 heterocycles. The van der Waals surface area contributed by atoms with Crippen LogP contribution in [0.4, 0.5) is 0 Å². The number of aromatic nitrogens is 2. The van der Waals surface area contributed by atoms with Crippen LogP contribution < -0.4 is 10.1 Å². The van der Waals surface area contributed by atoms with Gasteiger partial charge in [0.05, 0.1) is 16.4 Å². The maximum absolute atomic E-state index is 12.9. The van der Waals surface area contributed by atoms with Crippen molar-refractivity contribution in [3.05, 3.63) is 78.2 Å². The lowest BCUT2D eigenvalue weighted by molar-refractivity contribution is 0.0946. The minimum absolute atomic E-state index is 0.0294. The van der Waals surface area contributed by atoms with Gasteiger partial charge in [0.1, 0.15) is 5.69 Å². The third-order valence-corrected chi connectivity index (χ3v) is 6.82. The Morgan fingerprint density at radius 2 is 1.85 bits per heavy atom. The Hall–Kier alpha value is -3.85. The molecule has 0 aliphatic heterocycles. The third-order valence-electron chi connectivity index (χ3n) is 5.05. The number of sulfone groups is 1. The normalized spacial score (nSPS) is 11.4. The minimum atomic E-state index is -3.82. The van der Waals surface area contributed by atoms with Crippen LogP contribution in [0.15, 0.2) is 76.8 Å². The lowest BCUT2D eigenvalue weighted by atomic mass is 10.2. The van der Waals surface area contributed by atoms with Gasteiger partial charge in [0, 0.05) is 35.9 Å². The predicted octanol–water partition coefficient (Wildman–Crippen LogP) is 3.82. The molecule has 0 saturated heterocycles. The number of aromatic hydroxyl groups is 1. The molecule has 8 nitrogen and oxygen atoms in total. The molecule has 4 aromatic rings. The van der Waals surface area contributed by atoms with Crippen molar-refractivity contribution in [3.8, 4) is 11.5 Å². The Morgan fingerprint density at radius 1 is 1.09 bits per heavy atom. The molecule has 0 atom stereocenters. The number of hydrogen-bond acceptors (Lipinski definition) is 6. The SMILES string of the molecule is CCCOc1ccc(S(=O)(=O)c2ccc(CNC(=O)c3cc4cnccc4[nH]3)cc2)cc1O. The van der Waals surface area contributed by atoms with E-state index in [1.165, 1.54) is 30.3 Å². The van der Waals surface area contributed by atoms with Crippen LogP contribution in [-0.4, -0.2) is 36.0 Å². The summed E-state index contributed by atoms with van der Waals surface area (Å²) in [5, 5.41) is 13.7. The maximum Gasteiger partial charge on any atom is 0.267 e. The summed E-state index contributed by atoms with van der Waals surface area (Å²) in [6, 6.07) is 13.8. The molecule has 4 rings (SSSR count). The van der Waals surface area contributed by atoms with Gasteiger partial charge in [0.2, 0.25) is 9.84 Å². The molecular weight excluding hydrogens is 442 g/mol. The Morgan fingerprint density at radius 3 is 2.55 bits per heavy atom. The zero-order valence-electron chi connectivity index (χ0n) is 17.9. The molecule has 170 valence electrons. The van der Waals surface area contributed by atoms with E-state index in [9.17, 15) is 18.3 Å². The molecular formula is C24H23N3O5S. The molecule has 0 radical (unpaired) electrons. The second-order valence-corrected chi connectivity index (χ2v) is 9.40. The van der Waals surface area contributed by atoms with Gasteiger partial charge in [-0.3, -0.25) is 9.78 Å². The first-order chi connectivity index (χ1) is 15.9. The van der Waals surface area contributed by atoms with E-state index in [1.54, 1.807) is 36.7 Å². The number of phenols is 1. The van der Waals surface area contributed by atoms with Gasteiger partial charge in [0.15, 0.2) is 11.5 Å². The van der Waals surface area contributed by atoms with E-state index < -0.39 is 9.84 Å². The summed E-state index contributed by atoms with van der Waals surface area (Å²) in [6.45, 7) is 2.59.